The molecule has 0 saturated carbocycles. The summed E-state index contributed by atoms with van der Waals surface area (Å²) in [4.78, 5) is 28.9. The van der Waals surface area contributed by atoms with Gasteiger partial charge in [-0.15, -0.1) is 0 Å². The Labute approximate surface area is 141 Å². The SMILES string of the molecule is O=c1[nH]c2c(c(=O)[nH]1)C(c1cccc(F)c1)C=C(c1ccccc1)N2. The molecule has 2 heterocycles. The third kappa shape index (κ3) is 2.78. The van der Waals surface area contributed by atoms with E-state index in [4.69, 9.17) is 0 Å². The highest BCUT2D eigenvalue weighted by atomic mass is 19.1. The first-order valence-electron chi connectivity index (χ1n) is 7.78. The van der Waals surface area contributed by atoms with E-state index in [1.54, 1.807) is 12.1 Å². The smallest absolute Gasteiger partial charge is 0.327 e. The minimum atomic E-state index is -0.594. The van der Waals surface area contributed by atoms with Gasteiger partial charge in [-0.1, -0.05) is 42.5 Å². The van der Waals surface area contributed by atoms with E-state index in [2.05, 4.69) is 15.3 Å². The average molecular weight is 335 g/mol. The Morgan fingerprint density at radius 1 is 0.920 bits per heavy atom. The fourth-order valence-electron chi connectivity index (χ4n) is 3.07. The van der Waals surface area contributed by atoms with E-state index in [0.717, 1.165) is 11.3 Å². The van der Waals surface area contributed by atoms with Gasteiger partial charge in [0.15, 0.2) is 0 Å². The molecule has 25 heavy (non-hydrogen) atoms. The largest absolute Gasteiger partial charge is 0.341 e. The maximum atomic E-state index is 13.7. The van der Waals surface area contributed by atoms with Crippen LogP contribution in [0.15, 0.2) is 70.3 Å². The number of hydrogen-bond acceptors (Lipinski definition) is 3. The first-order valence-corrected chi connectivity index (χ1v) is 7.78. The minimum absolute atomic E-state index is 0.323. The summed E-state index contributed by atoms with van der Waals surface area (Å²) >= 11 is 0. The zero-order chi connectivity index (χ0) is 17.4. The number of fused-ring (bicyclic) bond motifs is 1. The van der Waals surface area contributed by atoms with E-state index in [0.29, 0.717) is 16.9 Å². The van der Waals surface area contributed by atoms with E-state index < -0.39 is 17.2 Å². The standard InChI is InChI=1S/C19H14FN3O2/c20-13-8-4-7-12(9-13)14-10-15(11-5-2-1-3-6-11)21-17-16(14)18(24)23-19(25)22-17/h1-10,14H,(H3,21,22,23,24,25). The Morgan fingerprint density at radius 2 is 1.72 bits per heavy atom. The number of benzene rings is 2. The van der Waals surface area contributed by atoms with E-state index in [1.807, 2.05) is 36.4 Å². The number of rotatable bonds is 2. The molecule has 0 spiro atoms. The van der Waals surface area contributed by atoms with Gasteiger partial charge in [0.2, 0.25) is 0 Å². The average Bonchev–Trinajstić information content (AvgIpc) is 2.61. The summed E-state index contributed by atoms with van der Waals surface area (Å²) < 4.78 is 13.7. The van der Waals surface area contributed by atoms with E-state index in [-0.39, 0.29) is 5.82 Å². The number of anilines is 1. The van der Waals surface area contributed by atoms with Crippen LogP contribution in [0.1, 0.15) is 22.6 Å². The number of aromatic amines is 2. The lowest BCUT2D eigenvalue weighted by Gasteiger charge is -2.25. The molecule has 1 aromatic heterocycles. The molecule has 1 unspecified atom stereocenters. The monoisotopic (exact) mass is 335 g/mol. The molecule has 1 aliphatic rings. The highest BCUT2D eigenvalue weighted by Gasteiger charge is 2.26. The molecule has 0 fully saturated rings. The molecule has 2 aromatic carbocycles. The highest BCUT2D eigenvalue weighted by molar-refractivity contribution is 5.81. The quantitative estimate of drug-likeness (QED) is 0.674. The van der Waals surface area contributed by atoms with Crippen molar-refractivity contribution >= 4 is 11.5 Å². The summed E-state index contributed by atoms with van der Waals surface area (Å²) in [5.74, 6) is -0.541. The maximum absolute atomic E-state index is 13.7. The van der Waals surface area contributed by atoms with Crippen LogP contribution in [0.3, 0.4) is 0 Å². The summed E-state index contributed by atoms with van der Waals surface area (Å²) in [6, 6.07) is 15.6. The van der Waals surface area contributed by atoms with Crippen LogP contribution in [0.4, 0.5) is 10.2 Å². The highest BCUT2D eigenvalue weighted by Crippen LogP contribution is 2.35. The summed E-state index contributed by atoms with van der Waals surface area (Å²) in [6.07, 6.45) is 1.86. The summed E-state index contributed by atoms with van der Waals surface area (Å²) in [6.45, 7) is 0. The molecule has 4 rings (SSSR count). The van der Waals surface area contributed by atoms with Crippen LogP contribution in [-0.4, -0.2) is 9.97 Å². The van der Waals surface area contributed by atoms with Gasteiger partial charge in [0.25, 0.3) is 5.56 Å². The van der Waals surface area contributed by atoms with Crippen LogP contribution in [0.25, 0.3) is 5.70 Å². The first kappa shape index (κ1) is 15.1. The molecule has 124 valence electrons. The lowest BCUT2D eigenvalue weighted by Crippen LogP contribution is -2.31. The zero-order valence-corrected chi connectivity index (χ0v) is 13.0. The van der Waals surface area contributed by atoms with Crippen molar-refractivity contribution < 1.29 is 4.39 Å². The van der Waals surface area contributed by atoms with Crippen LogP contribution in [0.5, 0.6) is 0 Å². The van der Waals surface area contributed by atoms with Gasteiger partial charge in [0.05, 0.1) is 5.56 Å². The second-order valence-corrected chi connectivity index (χ2v) is 5.80. The number of nitrogens with one attached hydrogen (secondary N) is 3. The van der Waals surface area contributed by atoms with Crippen molar-refractivity contribution in [1.82, 2.24) is 9.97 Å². The predicted octanol–water partition coefficient (Wildman–Crippen LogP) is 2.80. The van der Waals surface area contributed by atoms with Crippen molar-refractivity contribution in [3.05, 3.63) is 104 Å². The Hall–Kier alpha value is -3.41. The van der Waals surface area contributed by atoms with E-state index in [9.17, 15) is 14.0 Å². The molecule has 3 aromatic rings. The fourth-order valence-corrected chi connectivity index (χ4v) is 3.07. The number of aromatic nitrogens is 2. The summed E-state index contributed by atoms with van der Waals surface area (Å²) in [5.41, 5.74) is 1.53. The number of allylic oxidation sites excluding steroid dienone is 1. The summed E-state index contributed by atoms with van der Waals surface area (Å²) in [5, 5.41) is 3.10. The lowest BCUT2D eigenvalue weighted by molar-refractivity contribution is 0.625. The third-order valence-electron chi connectivity index (χ3n) is 4.18. The van der Waals surface area contributed by atoms with Crippen molar-refractivity contribution in [2.24, 2.45) is 0 Å². The molecule has 0 radical (unpaired) electrons. The van der Waals surface area contributed by atoms with Gasteiger partial charge in [0, 0.05) is 11.6 Å². The molecule has 0 aliphatic carbocycles. The Balaban J connectivity index is 1.95. The molecule has 0 amide bonds. The van der Waals surface area contributed by atoms with Gasteiger partial charge in [-0.2, -0.15) is 0 Å². The van der Waals surface area contributed by atoms with Crippen LogP contribution >= 0.6 is 0 Å². The minimum Gasteiger partial charge on any atom is -0.341 e. The first-order chi connectivity index (χ1) is 12.1. The van der Waals surface area contributed by atoms with Crippen molar-refractivity contribution in [3.63, 3.8) is 0 Å². The normalized spacial score (nSPS) is 15.9. The van der Waals surface area contributed by atoms with Crippen molar-refractivity contribution in [2.45, 2.75) is 5.92 Å². The van der Waals surface area contributed by atoms with Gasteiger partial charge in [-0.3, -0.25) is 14.8 Å². The van der Waals surface area contributed by atoms with E-state index >= 15 is 0 Å². The topological polar surface area (TPSA) is 77.8 Å². The van der Waals surface area contributed by atoms with Crippen LogP contribution < -0.4 is 16.6 Å². The zero-order valence-electron chi connectivity index (χ0n) is 13.0. The van der Waals surface area contributed by atoms with Crippen molar-refractivity contribution in [1.29, 1.82) is 0 Å². The van der Waals surface area contributed by atoms with Crippen LogP contribution in [0, 0.1) is 5.82 Å². The molecule has 1 atom stereocenters. The molecule has 3 N–H and O–H groups in total. The lowest BCUT2D eigenvalue weighted by atomic mass is 9.88. The number of hydrogen-bond donors (Lipinski definition) is 3. The second kappa shape index (κ2) is 5.90. The van der Waals surface area contributed by atoms with Gasteiger partial charge >= 0.3 is 5.69 Å². The number of halogens is 1. The van der Waals surface area contributed by atoms with Gasteiger partial charge in [-0.25, -0.2) is 9.18 Å². The molecular weight excluding hydrogens is 321 g/mol. The maximum Gasteiger partial charge on any atom is 0.327 e. The molecule has 0 saturated heterocycles. The Bertz CT molecular complexity index is 1080. The van der Waals surface area contributed by atoms with Crippen molar-refractivity contribution in [3.8, 4) is 0 Å². The Morgan fingerprint density at radius 3 is 2.48 bits per heavy atom. The van der Waals surface area contributed by atoms with E-state index in [1.165, 1.54) is 12.1 Å². The van der Waals surface area contributed by atoms with Gasteiger partial charge < -0.3 is 5.32 Å². The molecular formula is C19H14FN3O2. The van der Waals surface area contributed by atoms with Gasteiger partial charge in [-0.05, 0) is 29.3 Å². The molecule has 5 nitrogen and oxygen atoms in total. The third-order valence-corrected chi connectivity index (χ3v) is 4.18. The molecule has 0 bridgehead atoms. The number of H-pyrrole nitrogens is 2. The predicted molar refractivity (Wildman–Crippen MR) is 94.0 cm³/mol. The fraction of sp³-hybridized carbons (Fsp3) is 0.0526. The van der Waals surface area contributed by atoms with Crippen molar-refractivity contribution in [2.75, 3.05) is 5.32 Å². The van der Waals surface area contributed by atoms with Crippen LogP contribution in [0.2, 0.25) is 0 Å². The van der Waals surface area contributed by atoms with Gasteiger partial charge in [0.1, 0.15) is 11.6 Å². The van der Waals surface area contributed by atoms with Crippen LogP contribution in [-0.2, 0) is 0 Å². The summed E-state index contributed by atoms with van der Waals surface area (Å²) in [7, 11) is 0. The Kier molecular flexibility index (Phi) is 3.57. The second-order valence-electron chi connectivity index (χ2n) is 5.80. The molecule has 6 heteroatoms. The molecule has 1 aliphatic heterocycles.